The number of hydrogen-bond acceptors (Lipinski definition) is 5. The van der Waals surface area contributed by atoms with Crippen molar-refractivity contribution in [3.63, 3.8) is 0 Å². The molecule has 3 aromatic rings. The number of rotatable bonds is 4. The van der Waals surface area contributed by atoms with Gasteiger partial charge in [0.25, 0.3) is 0 Å². The molecule has 0 saturated heterocycles. The summed E-state index contributed by atoms with van der Waals surface area (Å²) in [7, 11) is 0. The first-order chi connectivity index (χ1) is 9.84. The van der Waals surface area contributed by atoms with Crippen molar-refractivity contribution in [1.29, 1.82) is 0 Å². The predicted molar refractivity (Wildman–Crippen MR) is 78.4 cm³/mol. The fraction of sp³-hybridized carbons (Fsp3) is 0.0769. The van der Waals surface area contributed by atoms with Crippen LogP contribution in [-0.2, 0) is 6.54 Å². The molecule has 0 radical (unpaired) electrons. The van der Waals surface area contributed by atoms with Gasteiger partial charge >= 0.3 is 0 Å². The summed E-state index contributed by atoms with van der Waals surface area (Å²) in [5.41, 5.74) is 1.03. The lowest BCUT2D eigenvalue weighted by Gasteiger charge is -2.10. The first-order valence-corrected chi connectivity index (χ1v) is 6.77. The SMILES string of the molecule is Brc1cncnc1NCc1cccnc1-n1cccn1. The van der Waals surface area contributed by atoms with E-state index in [1.807, 2.05) is 24.4 Å². The van der Waals surface area contributed by atoms with Crippen LogP contribution < -0.4 is 5.32 Å². The highest BCUT2D eigenvalue weighted by Crippen LogP contribution is 2.19. The fourth-order valence-corrected chi connectivity index (χ4v) is 2.15. The highest BCUT2D eigenvalue weighted by atomic mass is 79.9. The van der Waals surface area contributed by atoms with Crippen LogP contribution in [-0.4, -0.2) is 24.7 Å². The smallest absolute Gasteiger partial charge is 0.158 e. The van der Waals surface area contributed by atoms with Crippen molar-refractivity contribution in [2.45, 2.75) is 6.54 Å². The summed E-state index contributed by atoms with van der Waals surface area (Å²) in [6.45, 7) is 0.596. The molecule has 0 amide bonds. The number of nitrogens with zero attached hydrogens (tertiary/aromatic N) is 5. The molecule has 0 bridgehead atoms. The quantitative estimate of drug-likeness (QED) is 0.795. The van der Waals surface area contributed by atoms with Crippen LogP contribution in [0.25, 0.3) is 5.82 Å². The summed E-state index contributed by atoms with van der Waals surface area (Å²) < 4.78 is 2.57. The Hall–Kier alpha value is -2.28. The van der Waals surface area contributed by atoms with Gasteiger partial charge in [0.1, 0.15) is 12.1 Å². The molecular formula is C13H11BrN6. The largest absolute Gasteiger partial charge is 0.365 e. The molecule has 0 aliphatic rings. The zero-order chi connectivity index (χ0) is 13.8. The Balaban J connectivity index is 1.84. The Kier molecular flexibility index (Phi) is 3.69. The molecule has 3 heterocycles. The minimum absolute atomic E-state index is 0.596. The molecule has 100 valence electrons. The van der Waals surface area contributed by atoms with E-state index in [4.69, 9.17) is 0 Å². The van der Waals surface area contributed by atoms with Gasteiger partial charge in [0.2, 0.25) is 0 Å². The fourth-order valence-electron chi connectivity index (χ4n) is 1.79. The molecule has 3 aromatic heterocycles. The second-order valence-corrected chi connectivity index (χ2v) is 4.86. The summed E-state index contributed by atoms with van der Waals surface area (Å²) >= 11 is 3.41. The Morgan fingerprint density at radius 3 is 2.95 bits per heavy atom. The van der Waals surface area contributed by atoms with Crippen LogP contribution in [0.15, 0.2) is 53.8 Å². The number of hydrogen-bond donors (Lipinski definition) is 1. The zero-order valence-corrected chi connectivity index (χ0v) is 12.0. The number of halogens is 1. The predicted octanol–water partition coefficient (Wildman–Crippen LogP) is 2.43. The van der Waals surface area contributed by atoms with E-state index in [-0.39, 0.29) is 0 Å². The average molecular weight is 331 g/mol. The van der Waals surface area contributed by atoms with Gasteiger partial charge in [0, 0.05) is 36.9 Å². The number of anilines is 1. The van der Waals surface area contributed by atoms with Crippen LogP contribution >= 0.6 is 15.9 Å². The Morgan fingerprint density at radius 2 is 2.15 bits per heavy atom. The van der Waals surface area contributed by atoms with Crippen molar-refractivity contribution in [1.82, 2.24) is 24.7 Å². The molecule has 1 N–H and O–H groups in total. The summed E-state index contributed by atoms with van der Waals surface area (Å²) in [5.74, 6) is 1.55. The Labute approximate surface area is 124 Å². The standard InChI is InChI=1S/C13H11BrN6/c14-11-8-15-9-18-12(11)17-7-10-3-1-4-16-13(10)20-6-2-5-19-20/h1-6,8-9H,7H2,(H,15,17,18). The normalized spacial score (nSPS) is 10.4. The first-order valence-electron chi connectivity index (χ1n) is 5.98. The van der Waals surface area contributed by atoms with E-state index in [1.165, 1.54) is 6.33 Å². The number of aromatic nitrogens is 5. The van der Waals surface area contributed by atoms with Crippen LogP contribution in [0.4, 0.5) is 5.82 Å². The van der Waals surface area contributed by atoms with Gasteiger partial charge in [-0.2, -0.15) is 5.10 Å². The van der Waals surface area contributed by atoms with Crippen molar-refractivity contribution >= 4 is 21.7 Å². The highest BCUT2D eigenvalue weighted by molar-refractivity contribution is 9.10. The van der Waals surface area contributed by atoms with E-state index in [0.29, 0.717) is 6.54 Å². The summed E-state index contributed by atoms with van der Waals surface area (Å²) in [4.78, 5) is 12.5. The van der Waals surface area contributed by atoms with Gasteiger partial charge < -0.3 is 5.32 Å². The molecule has 0 aliphatic carbocycles. The van der Waals surface area contributed by atoms with Gasteiger partial charge in [0.05, 0.1) is 4.47 Å². The molecule has 0 fully saturated rings. The second kappa shape index (κ2) is 5.79. The van der Waals surface area contributed by atoms with Crippen LogP contribution in [0.3, 0.4) is 0 Å². The third-order valence-electron chi connectivity index (χ3n) is 2.70. The molecule has 6 nitrogen and oxygen atoms in total. The van der Waals surface area contributed by atoms with Crippen LogP contribution in [0.5, 0.6) is 0 Å². The Morgan fingerprint density at radius 1 is 1.20 bits per heavy atom. The van der Waals surface area contributed by atoms with Crippen molar-refractivity contribution in [2.75, 3.05) is 5.32 Å². The lowest BCUT2D eigenvalue weighted by Crippen LogP contribution is -2.08. The van der Waals surface area contributed by atoms with Crippen molar-refractivity contribution in [2.24, 2.45) is 0 Å². The van der Waals surface area contributed by atoms with Crippen LogP contribution in [0, 0.1) is 0 Å². The lowest BCUT2D eigenvalue weighted by molar-refractivity contribution is 0.828. The van der Waals surface area contributed by atoms with E-state index < -0.39 is 0 Å². The van der Waals surface area contributed by atoms with Gasteiger partial charge in [-0.3, -0.25) is 0 Å². The van der Waals surface area contributed by atoms with Crippen LogP contribution in [0.1, 0.15) is 5.56 Å². The molecule has 0 saturated carbocycles. The highest BCUT2D eigenvalue weighted by Gasteiger charge is 2.07. The van der Waals surface area contributed by atoms with Crippen molar-refractivity contribution < 1.29 is 0 Å². The average Bonchev–Trinajstić information content (AvgIpc) is 3.01. The van der Waals surface area contributed by atoms with Crippen molar-refractivity contribution in [3.8, 4) is 5.82 Å². The molecular weight excluding hydrogens is 320 g/mol. The molecule has 0 spiro atoms. The molecule has 3 rings (SSSR count). The third-order valence-corrected chi connectivity index (χ3v) is 3.28. The number of pyridine rings is 1. The summed E-state index contributed by atoms with van der Waals surface area (Å²) in [6, 6.07) is 5.78. The van der Waals surface area contributed by atoms with Gasteiger partial charge in [-0.1, -0.05) is 6.07 Å². The summed E-state index contributed by atoms with van der Waals surface area (Å²) in [5, 5.41) is 7.46. The van der Waals surface area contributed by atoms with Gasteiger partial charge in [-0.15, -0.1) is 0 Å². The molecule has 0 aliphatic heterocycles. The molecule has 0 unspecified atom stereocenters. The maximum Gasteiger partial charge on any atom is 0.158 e. The van der Waals surface area contributed by atoms with E-state index in [2.05, 4.69) is 41.3 Å². The van der Waals surface area contributed by atoms with Gasteiger partial charge in [-0.25, -0.2) is 19.6 Å². The van der Waals surface area contributed by atoms with E-state index in [0.717, 1.165) is 21.7 Å². The monoisotopic (exact) mass is 330 g/mol. The maximum atomic E-state index is 4.37. The van der Waals surface area contributed by atoms with Gasteiger partial charge in [0.15, 0.2) is 5.82 Å². The first kappa shape index (κ1) is 12.7. The summed E-state index contributed by atoms with van der Waals surface area (Å²) in [6.07, 6.45) is 8.55. The maximum absolute atomic E-state index is 4.37. The van der Waals surface area contributed by atoms with Gasteiger partial charge in [-0.05, 0) is 28.1 Å². The minimum atomic E-state index is 0.596. The molecule has 20 heavy (non-hydrogen) atoms. The minimum Gasteiger partial charge on any atom is -0.365 e. The Bertz CT molecular complexity index is 698. The van der Waals surface area contributed by atoms with E-state index in [1.54, 1.807) is 23.3 Å². The molecule has 0 aromatic carbocycles. The topological polar surface area (TPSA) is 68.5 Å². The zero-order valence-electron chi connectivity index (χ0n) is 10.4. The van der Waals surface area contributed by atoms with E-state index in [9.17, 15) is 0 Å². The molecule has 7 heteroatoms. The van der Waals surface area contributed by atoms with Crippen molar-refractivity contribution in [3.05, 3.63) is 59.3 Å². The second-order valence-electron chi connectivity index (χ2n) is 4.01. The lowest BCUT2D eigenvalue weighted by atomic mass is 10.2. The van der Waals surface area contributed by atoms with Crippen LogP contribution in [0.2, 0.25) is 0 Å². The molecule has 0 atom stereocenters. The number of nitrogens with one attached hydrogen (secondary N) is 1. The third kappa shape index (κ3) is 2.67. The van der Waals surface area contributed by atoms with E-state index >= 15 is 0 Å².